The van der Waals surface area contributed by atoms with Crippen LogP contribution in [0.25, 0.3) is 0 Å². The summed E-state index contributed by atoms with van der Waals surface area (Å²) >= 11 is 0. The molecule has 0 spiro atoms. The summed E-state index contributed by atoms with van der Waals surface area (Å²) in [5, 5.41) is 2.75. The maximum absolute atomic E-state index is 9.17. The molecule has 0 unspecified atom stereocenters. The Bertz CT molecular complexity index is 351. The van der Waals surface area contributed by atoms with Gasteiger partial charge >= 0.3 is 0 Å². The van der Waals surface area contributed by atoms with Crippen molar-refractivity contribution in [1.29, 1.82) is 0 Å². The largest absolute Gasteiger partial charge is 0.493 e. The molecule has 0 saturated heterocycles. The number of fused-ring (bicyclic) bond motifs is 1. The lowest BCUT2D eigenvalue weighted by atomic mass is 10.0. The SMILES string of the molecule is CCC=O.CCCc1cccc2c1CCO2.CNC. The van der Waals surface area contributed by atoms with Crippen molar-refractivity contribution in [2.24, 2.45) is 0 Å². The quantitative estimate of drug-likeness (QED) is 0.854. The van der Waals surface area contributed by atoms with Crippen LogP contribution >= 0.6 is 0 Å². The second-order valence-corrected chi connectivity index (χ2v) is 4.32. The fourth-order valence-electron chi connectivity index (χ4n) is 1.80. The fourth-order valence-corrected chi connectivity index (χ4v) is 1.80. The van der Waals surface area contributed by atoms with Gasteiger partial charge in [0.2, 0.25) is 0 Å². The Hall–Kier alpha value is -1.35. The monoisotopic (exact) mass is 265 g/mol. The number of carbonyl (C=O) groups excluding carboxylic acids is 1. The summed E-state index contributed by atoms with van der Waals surface area (Å²) in [6, 6.07) is 6.38. The molecule has 3 nitrogen and oxygen atoms in total. The van der Waals surface area contributed by atoms with Gasteiger partial charge in [-0.15, -0.1) is 0 Å². The lowest BCUT2D eigenvalue weighted by molar-refractivity contribution is -0.107. The smallest absolute Gasteiger partial charge is 0.122 e. The van der Waals surface area contributed by atoms with E-state index in [-0.39, 0.29) is 0 Å². The Morgan fingerprint density at radius 1 is 1.32 bits per heavy atom. The van der Waals surface area contributed by atoms with Crippen LogP contribution in [0.5, 0.6) is 5.75 Å². The molecule has 0 aromatic heterocycles. The lowest BCUT2D eigenvalue weighted by Gasteiger charge is -2.04. The topological polar surface area (TPSA) is 38.3 Å². The number of carbonyl (C=O) groups is 1. The molecule has 1 aliphatic rings. The van der Waals surface area contributed by atoms with Gasteiger partial charge in [-0.3, -0.25) is 0 Å². The molecule has 2 rings (SSSR count). The van der Waals surface area contributed by atoms with E-state index in [1.165, 1.54) is 24.0 Å². The van der Waals surface area contributed by atoms with Crippen LogP contribution < -0.4 is 10.1 Å². The Morgan fingerprint density at radius 3 is 2.47 bits per heavy atom. The molecule has 1 aliphatic heterocycles. The second-order valence-electron chi connectivity index (χ2n) is 4.32. The number of nitrogens with one attached hydrogen (secondary N) is 1. The van der Waals surface area contributed by atoms with Crippen LogP contribution in [0.2, 0.25) is 0 Å². The first-order valence-electron chi connectivity index (χ1n) is 7.00. The van der Waals surface area contributed by atoms with Crippen LogP contribution in [-0.2, 0) is 17.6 Å². The van der Waals surface area contributed by atoms with E-state index in [1.807, 2.05) is 21.0 Å². The van der Waals surface area contributed by atoms with Crippen LogP contribution in [0.3, 0.4) is 0 Å². The maximum Gasteiger partial charge on any atom is 0.122 e. The van der Waals surface area contributed by atoms with Crippen LogP contribution in [0.4, 0.5) is 0 Å². The Labute approximate surface area is 117 Å². The van der Waals surface area contributed by atoms with Gasteiger partial charge in [-0.25, -0.2) is 0 Å². The van der Waals surface area contributed by atoms with Crippen molar-refractivity contribution in [2.45, 2.75) is 39.5 Å². The molecule has 0 atom stereocenters. The Balaban J connectivity index is 0.000000393. The van der Waals surface area contributed by atoms with Gasteiger partial charge in [0.1, 0.15) is 12.0 Å². The summed E-state index contributed by atoms with van der Waals surface area (Å²) < 4.78 is 5.49. The van der Waals surface area contributed by atoms with Gasteiger partial charge in [-0.05, 0) is 32.1 Å². The molecule has 0 aliphatic carbocycles. The molecule has 1 aromatic carbocycles. The molecule has 19 heavy (non-hydrogen) atoms. The summed E-state index contributed by atoms with van der Waals surface area (Å²) in [7, 11) is 3.75. The predicted octanol–water partition coefficient (Wildman–Crippen LogP) is 3.00. The fraction of sp³-hybridized carbons (Fsp3) is 0.562. The third-order valence-electron chi connectivity index (χ3n) is 2.53. The zero-order valence-electron chi connectivity index (χ0n) is 12.7. The van der Waals surface area contributed by atoms with Crippen molar-refractivity contribution < 1.29 is 9.53 Å². The third-order valence-corrected chi connectivity index (χ3v) is 2.53. The van der Waals surface area contributed by atoms with Gasteiger partial charge in [0, 0.05) is 18.4 Å². The molecule has 0 fully saturated rings. The molecule has 1 aromatic rings. The molecule has 0 amide bonds. The molecular weight excluding hydrogens is 238 g/mol. The number of aldehydes is 1. The minimum atomic E-state index is 0.639. The normalized spacial score (nSPS) is 11.2. The predicted molar refractivity (Wildman–Crippen MR) is 81.0 cm³/mol. The van der Waals surface area contributed by atoms with E-state index in [1.54, 1.807) is 0 Å². The van der Waals surface area contributed by atoms with E-state index >= 15 is 0 Å². The van der Waals surface area contributed by atoms with Crippen LogP contribution in [-0.4, -0.2) is 27.0 Å². The number of hydrogen-bond donors (Lipinski definition) is 1. The van der Waals surface area contributed by atoms with E-state index in [4.69, 9.17) is 4.74 Å². The molecule has 0 bridgehead atoms. The third kappa shape index (κ3) is 6.97. The summed E-state index contributed by atoms with van der Waals surface area (Å²) in [6.07, 6.45) is 5.02. The zero-order valence-corrected chi connectivity index (χ0v) is 12.7. The summed E-state index contributed by atoms with van der Waals surface area (Å²) in [6.45, 7) is 4.90. The Morgan fingerprint density at radius 2 is 1.95 bits per heavy atom. The number of hydrogen-bond acceptors (Lipinski definition) is 3. The number of benzene rings is 1. The molecule has 1 N–H and O–H groups in total. The lowest BCUT2D eigenvalue weighted by Crippen LogP contribution is -1.90. The first-order valence-corrected chi connectivity index (χ1v) is 7.00. The molecule has 0 saturated carbocycles. The van der Waals surface area contributed by atoms with E-state index in [9.17, 15) is 4.79 Å². The van der Waals surface area contributed by atoms with Gasteiger partial charge in [0.25, 0.3) is 0 Å². The highest BCUT2D eigenvalue weighted by molar-refractivity contribution is 5.48. The van der Waals surface area contributed by atoms with Crippen LogP contribution in [0, 0.1) is 0 Å². The first kappa shape index (κ1) is 17.6. The molecule has 3 heteroatoms. The molecule has 1 heterocycles. The van der Waals surface area contributed by atoms with Crippen molar-refractivity contribution in [3.05, 3.63) is 29.3 Å². The van der Waals surface area contributed by atoms with E-state index in [0.29, 0.717) is 6.42 Å². The molecule has 0 radical (unpaired) electrons. The number of ether oxygens (including phenoxy) is 1. The molecular formula is C16H27NO2. The van der Waals surface area contributed by atoms with Crippen LogP contribution in [0.15, 0.2) is 18.2 Å². The first-order chi connectivity index (χ1) is 9.24. The van der Waals surface area contributed by atoms with Gasteiger partial charge in [0.15, 0.2) is 0 Å². The van der Waals surface area contributed by atoms with Gasteiger partial charge in [-0.1, -0.05) is 32.4 Å². The van der Waals surface area contributed by atoms with Crippen molar-refractivity contribution in [2.75, 3.05) is 20.7 Å². The van der Waals surface area contributed by atoms with Crippen molar-refractivity contribution in [3.63, 3.8) is 0 Å². The van der Waals surface area contributed by atoms with Gasteiger partial charge in [-0.2, -0.15) is 0 Å². The standard InChI is InChI=1S/C11H14O.C3H6O.C2H7N/c1-2-4-9-5-3-6-11-10(9)7-8-12-11;1-2-3-4;1-3-2/h3,5-6H,2,4,7-8H2,1H3;3H,2H2,1H3;3H,1-2H3. The summed E-state index contributed by atoms with van der Waals surface area (Å²) in [4.78, 5) is 9.17. The summed E-state index contributed by atoms with van der Waals surface area (Å²) in [5.74, 6) is 1.11. The number of aryl methyl sites for hydroxylation is 1. The average Bonchev–Trinajstić information content (AvgIpc) is 2.90. The highest BCUT2D eigenvalue weighted by Gasteiger charge is 2.14. The average molecular weight is 265 g/mol. The highest BCUT2D eigenvalue weighted by Crippen LogP contribution is 2.28. The minimum absolute atomic E-state index is 0.639. The van der Waals surface area contributed by atoms with Crippen molar-refractivity contribution >= 4 is 6.29 Å². The number of rotatable bonds is 3. The maximum atomic E-state index is 9.17. The second kappa shape index (κ2) is 11.7. The van der Waals surface area contributed by atoms with Gasteiger partial charge < -0.3 is 14.8 Å². The van der Waals surface area contributed by atoms with E-state index in [0.717, 1.165) is 25.1 Å². The minimum Gasteiger partial charge on any atom is -0.493 e. The van der Waals surface area contributed by atoms with Gasteiger partial charge in [0.05, 0.1) is 6.61 Å². The zero-order chi connectivity index (χ0) is 14.5. The van der Waals surface area contributed by atoms with E-state index in [2.05, 4.69) is 30.4 Å². The highest BCUT2D eigenvalue weighted by atomic mass is 16.5. The van der Waals surface area contributed by atoms with Crippen molar-refractivity contribution in [1.82, 2.24) is 5.32 Å². The van der Waals surface area contributed by atoms with Crippen molar-refractivity contribution in [3.8, 4) is 5.75 Å². The van der Waals surface area contributed by atoms with E-state index < -0.39 is 0 Å². The summed E-state index contributed by atoms with van der Waals surface area (Å²) in [5.41, 5.74) is 2.92. The Kier molecular flexibility index (Phi) is 10.9. The molecule has 108 valence electrons. The van der Waals surface area contributed by atoms with Crippen LogP contribution in [0.1, 0.15) is 37.8 Å².